The second kappa shape index (κ2) is 11.3. The molecule has 3 aromatic carbocycles. The van der Waals surface area contributed by atoms with E-state index in [1.807, 2.05) is 66.7 Å². The van der Waals surface area contributed by atoms with Crippen LogP contribution in [0.3, 0.4) is 0 Å². The maximum Gasteiger partial charge on any atom is 0.244 e. The molecule has 2 aliphatic rings. The summed E-state index contributed by atoms with van der Waals surface area (Å²) in [6, 6.07) is 19.6. The van der Waals surface area contributed by atoms with Gasteiger partial charge in [-0.1, -0.05) is 68.5 Å². The van der Waals surface area contributed by atoms with E-state index in [2.05, 4.69) is 34.1 Å². The van der Waals surface area contributed by atoms with Crippen molar-refractivity contribution in [2.24, 2.45) is 0 Å². The maximum atomic E-state index is 12.3. The SMILES string of the molecule is CC(C)c1ccc(NC(=O)Cn2cnc3ncncc32)cc1.O=C1CC=c2c(ccc3c2=CC(=O)c2ccccc2-3)C1. The lowest BCUT2D eigenvalue weighted by molar-refractivity contribution is -0.118. The molecule has 1 N–H and O–H groups in total. The molecule has 0 saturated heterocycles. The second-order valence-electron chi connectivity index (χ2n) is 10.7. The largest absolute Gasteiger partial charge is 0.325 e. The van der Waals surface area contributed by atoms with E-state index in [0.717, 1.165) is 43.9 Å². The minimum atomic E-state index is -0.111. The summed E-state index contributed by atoms with van der Waals surface area (Å²) < 4.78 is 1.73. The number of carbonyl (C=O) groups is 3. The van der Waals surface area contributed by atoms with Crippen LogP contribution in [0.5, 0.6) is 0 Å². The second-order valence-corrected chi connectivity index (χ2v) is 10.7. The number of ketones is 2. The quantitative estimate of drug-likeness (QED) is 0.356. The highest BCUT2D eigenvalue weighted by molar-refractivity contribution is 6.22. The van der Waals surface area contributed by atoms with E-state index >= 15 is 0 Å². The highest BCUT2D eigenvalue weighted by Crippen LogP contribution is 2.24. The van der Waals surface area contributed by atoms with E-state index in [0.29, 0.717) is 24.4 Å². The van der Waals surface area contributed by atoms with E-state index in [1.165, 1.54) is 11.9 Å². The standard InChI is InChI=1S/C18H12O2.C16H17N5O/c19-12-6-8-13-11(9-12)5-7-15-14-3-1-2-4-16(14)18(20)10-17(13)15;1-11(2)12-3-5-13(6-4-12)20-15(22)8-21-10-19-16-14(21)7-17-9-18-16/h1-5,7-8,10H,6,9H2;3-7,9-11H,8H2,1-2H3,(H,20,22). The minimum absolute atomic E-state index is 0.0480. The van der Waals surface area contributed by atoms with Crippen LogP contribution in [-0.2, 0) is 22.6 Å². The van der Waals surface area contributed by atoms with Gasteiger partial charge in [-0.2, -0.15) is 0 Å². The third-order valence-electron chi connectivity index (χ3n) is 7.53. The summed E-state index contributed by atoms with van der Waals surface area (Å²) in [5.41, 5.74) is 7.23. The third kappa shape index (κ3) is 5.39. The first-order chi connectivity index (χ1) is 20.4. The molecule has 2 heterocycles. The van der Waals surface area contributed by atoms with Gasteiger partial charge in [-0.3, -0.25) is 14.4 Å². The number of aromatic nitrogens is 4. The summed E-state index contributed by atoms with van der Waals surface area (Å²) in [4.78, 5) is 48.1. The lowest BCUT2D eigenvalue weighted by Crippen LogP contribution is -2.36. The van der Waals surface area contributed by atoms with Crippen molar-refractivity contribution >= 4 is 46.5 Å². The number of rotatable bonds is 4. The smallest absolute Gasteiger partial charge is 0.244 e. The summed E-state index contributed by atoms with van der Waals surface area (Å²) in [7, 11) is 0. The van der Waals surface area contributed by atoms with Gasteiger partial charge in [0.25, 0.3) is 0 Å². The van der Waals surface area contributed by atoms with Gasteiger partial charge in [0.15, 0.2) is 11.4 Å². The number of fused-ring (bicyclic) bond motifs is 6. The number of nitrogens with one attached hydrogen (secondary N) is 1. The van der Waals surface area contributed by atoms with E-state index in [1.54, 1.807) is 23.2 Å². The van der Waals surface area contributed by atoms with Crippen molar-refractivity contribution in [1.29, 1.82) is 0 Å². The number of Topliss-reactive ketones (excluding diaryl/α,β-unsaturated/α-hetero) is 2. The highest BCUT2D eigenvalue weighted by Gasteiger charge is 2.19. The highest BCUT2D eigenvalue weighted by atomic mass is 16.2. The maximum absolute atomic E-state index is 12.3. The van der Waals surface area contributed by atoms with E-state index < -0.39 is 0 Å². The molecule has 7 rings (SSSR count). The van der Waals surface area contributed by atoms with Crippen molar-refractivity contribution in [3.63, 3.8) is 0 Å². The van der Waals surface area contributed by atoms with Crippen molar-refractivity contribution in [3.8, 4) is 11.1 Å². The first-order valence-corrected chi connectivity index (χ1v) is 13.9. The van der Waals surface area contributed by atoms with Crippen LogP contribution in [-0.4, -0.2) is 37.0 Å². The average molecular weight is 556 g/mol. The molecule has 0 aliphatic heterocycles. The molecule has 2 aromatic heterocycles. The molecule has 0 atom stereocenters. The molecule has 0 unspecified atom stereocenters. The van der Waals surface area contributed by atoms with Crippen LogP contribution in [0.1, 0.15) is 47.7 Å². The van der Waals surface area contributed by atoms with Crippen LogP contribution in [0, 0.1) is 0 Å². The lowest BCUT2D eigenvalue weighted by Gasteiger charge is -2.16. The Bertz CT molecular complexity index is 1970. The van der Waals surface area contributed by atoms with Gasteiger partial charge in [0, 0.05) is 24.1 Å². The summed E-state index contributed by atoms with van der Waals surface area (Å²) >= 11 is 0. The van der Waals surface area contributed by atoms with Crippen molar-refractivity contribution < 1.29 is 14.4 Å². The molecule has 42 heavy (non-hydrogen) atoms. The molecule has 0 spiro atoms. The molecular weight excluding hydrogens is 526 g/mol. The zero-order chi connectivity index (χ0) is 29.2. The first kappa shape index (κ1) is 27.0. The Kier molecular flexibility index (Phi) is 7.27. The molecule has 0 bridgehead atoms. The van der Waals surface area contributed by atoms with E-state index in [9.17, 15) is 14.4 Å². The van der Waals surface area contributed by atoms with Crippen LogP contribution in [0.15, 0.2) is 79.5 Å². The van der Waals surface area contributed by atoms with E-state index in [-0.39, 0.29) is 24.0 Å². The molecular formula is C34H29N5O3. The number of amides is 1. The van der Waals surface area contributed by atoms with Crippen LogP contribution >= 0.6 is 0 Å². The fourth-order valence-corrected chi connectivity index (χ4v) is 5.35. The van der Waals surface area contributed by atoms with Crippen LogP contribution in [0.25, 0.3) is 34.4 Å². The topological polar surface area (TPSA) is 107 Å². The van der Waals surface area contributed by atoms with Gasteiger partial charge in [0.2, 0.25) is 5.91 Å². The number of imidazole rings is 1. The summed E-state index contributed by atoms with van der Waals surface area (Å²) in [5.74, 6) is 0.648. The van der Waals surface area contributed by atoms with Gasteiger partial charge >= 0.3 is 0 Å². The van der Waals surface area contributed by atoms with Crippen LogP contribution in [0.4, 0.5) is 5.69 Å². The van der Waals surface area contributed by atoms with E-state index in [4.69, 9.17) is 0 Å². The van der Waals surface area contributed by atoms with Gasteiger partial charge in [-0.25, -0.2) is 15.0 Å². The Morgan fingerprint density at radius 2 is 1.71 bits per heavy atom. The number of anilines is 1. The van der Waals surface area contributed by atoms with Crippen LogP contribution in [0.2, 0.25) is 0 Å². The fraction of sp³-hybridized carbons (Fsp3) is 0.176. The normalized spacial score (nSPS) is 13.2. The minimum Gasteiger partial charge on any atom is -0.325 e. The molecule has 1 amide bonds. The monoisotopic (exact) mass is 555 g/mol. The fourth-order valence-electron chi connectivity index (χ4n) is 5.35. The molecule has 8 nitrogen and oxygen atoms in total. The lowest BCUT2D eigenvalue weighted by atomic mass is 9.86. The van der Waals surface area contributed by atoms with Gasteiger partial charge in [0.05, 0.1) is 12.5 Å². The van der Waals surface area contributed by atoms with Crippen molar-refractivity contribution in [2.75, 3.05) is 5.32 Å². The Balaban J connectivity index is 0.000000151. The molecule has 0 fully saturated rings. The van der Waals surface area contributed by atoms with Crippen molar-refractivity contribution in [2.45, 2.75) is 39.2 Å². The van der Waals surface area contributed by atoms with Crippen LogP contribution < -0.4 is 15.8 Å². The predicted molar refractivity (Wildman–Crippen MR) is 162 cm³/mol. The summed E-state index contributed by atoms with van der Waals surface area (Å²) in [5, 5.41) is 4.91. The number of nitrogens with zero attached hydrogens (tertiary/aromatic N) is 4. The molecule has 208 valence electrons. The van der Waals surface area contributed by atoms with Gasteiger partial charge in [-0.05, 0) is 56.8 Å². The molecule has 8 heteroatoms. The third-order valence-corrected chi connectivity index (χ3v) is 7.53. The van der Waals surface area contributed by atoms with Gasteiger partial charge in [0.1, 0.15) is 24.2 Å². The van der Waals surface area contributed by atoms with Gasteiger partial charge in [-0.15, -0.1) is 0 Å². The number of benzene rings is 3. The molecule has 5 aromatic rings. The number of hydrogen-bond donors (Lipinski definition) is 1. The zero-order valence-corrected chi connectivity index (χ0v) is 23.4. The Hall–Kier alpha value is -5.24. The zero-order valence-electron chi connectivity index (χ0n) is 23.4. The molecule has 0 saturated carbocycles. The Labute approximate surface area is 242 Å². The van der Waals surface area contributed by atoms with Crippen molar-refractivity contribution in [3.05, 3.63) is 107 Å². The summed E-state index contributed by atoms with van der Waals surface area (Å²) in [6.07, 6.45) is 9.30. The molecule has 0 radical (unpaired) electrons. The average Bonchev–Trinajstić information content (AvgIpc) is 3.40. The first-order valence-electron chi connectivity index (χ1n) is 13.9. The molecule has 2 aliphatic carbocycles. The van der Waals surface area contributed by atoms with Crippen molar-refractivity contribution in [1.82, 2.24) is 19.5 Å². The number of carbonyl (C=O) groups excluding carboxylic acids is 3. The Morgan fingerprint density at radius 1 is 0.929 bits per heavy atom. The predicted octanol–water partition coefficient (Wildman–Crippen LogP) is 4.21. The Morgan fingerprint density at radius 3 is 2.50 bits per heavy atom. The summed E-state index contributed by atoms with van der Waals surface area (Å²) in [6.45, 7) is 4.45. The number of hydrogen-bond acceptors (Lipinski definition) is 6. The van der Waals surface area contributed by atoms with Gasteiger partial charge < -0.3 is 9.88 Å².